The Labute approximate surface area is 217 Å². The first-order chi connectivity index (χ1) is 14.7. The number of allylic oxidation sites excluding steroid dienone is 8. The summed E-state index contributed by atoms with van der Waals surface area (Å²) in [7, 11) is -1.61. The molecular weight excluding hydrogens is 480 g/mol. The molecule has 2 aliphatic rings. The molecule has 0 saturated carbocycles. The monoisotopic (exact) mass is 514 g/mol. The first-order valence-electron chi connectivity index (χ1n) is 11.1. The normalized spacial score (nSPS) is 19.8. The van der Waals surface area contributed by atoms with Gasteiger partial charge in [-0.05, 0) is 0 Å². The Bertz CT molecular complexity index is 829. The van der Waals surface area contributed by atoms with Crippen LogP contribution in [0.2, 0.25) is 13.1 Å². The molecule has 0 radical (unpaired) electrons. The van der Waals surface area contributed by atoms with Gasteiger partial charge in [-0.3, -0.25) is 12.2 Å². The van der Waals surface area contributed by atoms with Gasteiger partial charge in [-0.15, -0.1) is 0 Å². The van der Waals surface area contributed by atoms with E-state index in [1.54, 1.807) is 21.5 Å². The van der Waals surface area contributed by atoms with Gasteiger partial charge >= 0.3 is 26.2 Å². The van der Waals surface area contributed by atoms with E-state index in [-0.39, 0.29) is 26.2 Å². The average Bonchev–Trinajstić information content (AvgIpc) is 3.18. The molecule has 0 aliphatic heterocycles. The Kier molecular flexibility index (Phi) is 11.8. The van der Waals surface area contributed by atoms with Crippen LogP contribution >= 0.6 is 0 Å². The van der Waals surface area contributed by atoms with Crippen molar-refractivity contribution < 1.29 is 26.2 Å². The molecule has 32 heavy (non-hydrogen) atoms. The summed E-state index contributed by atoms with van der Waals surface area (Å²) in [5.41, 5.74) is 5.88. The average molecular weight is 516 g/mol. The summed E-state index contributed by atoms with van der Waals surface area (Å²) in [6.45, 7) is 18.6. The van der Waals surface area contributed by atoms with Crippen molar-refractivity contribution in [2.45, 2.75) is 54.6 Å². The van der Waals surface area contributed by atoms with Crippen LogP contribution in [-0.4, -0.2) is 8.07 Å². The largest absolute Gasteiger partial charge is 4.00 e. The molecule has 2 aromatic carbocycles. The number of hydrogen-bond acceptors (Lipinski definition) is 0. The molecule has 0 aromatic heterocycles. The molecule has 0 nitrogen and oxygen atoms in total. The topological polar surface area (TPSA) is 0 Å². The summed E-state index contributed by atoms with van der Waals surface area (Å²) in [6, 6.07) is 25.0. The van der Waals surface area contributed by atoms with Gasteiger partial charge in [-0.2, -0.15) is 83.9 Å². The molecule has 2 aliphatic carbocycles. The molecule has 164 valence electrons. The van der Waals surface area contributed by atoms with Crippen LogP contribution in [0.4, 0.5) is 0 Å². The second-order valence-corrected chi connectivity index (χ2v) is 13.1. The van der Waals surface area contributed by atoms with Crippen LogP contribution in [0.25, 0.3) is 0 Å². The maximum atomic E-state index is 3.61. The minimum absolute atomic E-state index is 0. The van der Waals surface area contributed by atoms with Crippen LogP contribution in [0.3, 0.4) is 0 Å². The standard InChI is InChI=1S/C18H26Si.2C6H5.Zr/c1-11-9-13(3)17(15(11)5)19(7,8)18-14(4)10-12(2)16(18)6;2*1-2-4-6-5-3-1;/h11-12H,1-8H3;2*1-5H;/q-2;2*-1;+4. The Hall–Kier alpha value is -1.50. The zero-order valence-corrected chi connectivity index (χ0v) is 24.4. The van der Waals surface area contributed by atoms with E-state index in [4.69, 9.17) is 0 Å². The second-order valence-electron chi connectivity index (χ2n) is 8.88. The third kappa shape index (κ3) is 7.26. The van der Waals surface area contributed by atoms with Crippen LogP contribution in [0.5, 0.6) is 0 Å². The molecule has 0 N–H and O–H groups in total. The number of rotatable bonds is 2. The molecule has 0 spiro atoms. The molecule has 4 rings (SSSR count). The van der Waals surface area contributed by atoms with Gasteiger partial charge in [-0.25, -0.2) is 21.5 Å². The van der Waals surface area contributed by atoms with E-state index in [0.29, 0.717) is 11.8 Å². The fourth-order valence-electron chi connectivity index (χ4n) is 4.77. The van der Waals surface area contributed by atoms with E-state index >= 15 is 0 Å². The summed E-state index contributed by atoms with van der Waals surface area (Å²) in [6.07, 6.45) is 7.22. The molecule has 0 saturated heterocycles. The summed E-state index contributed by atoms with van der Waals surface area (Å²) in [4.78, 5) is 0. The first kappa shape index (κ1) is 28.5. The van der Waals surface area contributed by atoms with Crippen LogP contribution < -0.4 is 0 Å². The Balaban J connectivity index is 0.000000320. The van der Waals surface area contributed by atoms with Gasteiger partial charge in [0.05, 0.1) is 0 Å². The Morgan fingerprint density at radius 3 is 1.06 bits per heavy atom. The van der Waals surface area contributed by atoms with Crippen molar-refractivity contribution in [3.05, 3.63) is 118 Å². The van der Waals surface area contributed by atoms with Crippen molar-refractivity contribution >= 4 is 8.07 Å². The van der Waals surface area contributed by atoms with Gasteiger partial charge < -0.3 is 0 Å². The Morgan fingerprint density at radius 1 is 0.594 bits per heavy atom. The van der Waals surface area contributed by atoms with Crippen molar-refractivity contribution in [1.29, 1.82) is 0 Å². The van der Waals surface area contributed by atoms with Crippen molar-refractivity contribution in [2.75, 3.05) is 0 Å². The van der Waals surface area contributed by atoms with Crippen molar-refractivity contribution in [3.8, 4) is 0 Å². The summed E-state index contributed by atoms with van der Waals surface area (Å²) >= 11 is 0. The zero-order chi connectivity index (χ0) is 23.0. The van der Waals surface area contributed by atoms with Gasteiger partial charge in [0, 0.05) is 0 Å². The molecule has 2 atom stereocenters. The molecule has 0 heterocycles. The van der Waals surface area contributed by atoms with Gasteiger partial charge in [0.2, 0.25) is 0 Å². The maximum absolute atomic E-state index is 3.61. The number of hydrogen-bond donors (Lipinski definition) is 0. The van der Waals surface area contributed by atoms with E-state index in [1.165, 1.54) is 11.1 Å². The Morgan fingerprint density at radius 2 is 0.906 bits per heavy atom. The minimum Gasteiger partial charge on any atom is -0.266 e. The molecule has 2 aromatic rings. The molecule has 0 amide bonds. The van der Waals surface area contributed by atoms with Gasteiger partial charge in [0.1, 0.15) is 0 Å². The third-order valence-electron chi connectivity index (χ3n) is 6.17. The SMILES string of the molecule is CC1=[C-]C(C)C(C)=C1[Si](C)(C)C1=C(C)C(C)[C-]=C1C.[Zr+4].[c-]1ccccc1.[c-]1ccccc1. The minimum atomic E-state index is -1.61. The van der Waals surface area contributed by atoms with E-state index in [0.717, 1.165) is 0 Å². The second kappa shape index (κ2) is 13.3. The van der Waals surface area contributed by atoms with Crippen molar-refractivity contribution in [3.63, 3.8) is 0 Å². The molecule has 2 unspecified atom stereocenters. The van der Waals surface area contributed by atoms with Crippen molar-refractivity contribution in [1.82, 2.24) is 0 Å². The van der Waals surface area contributed by atoms with E-state index in [1.807, 2.05) is 60.7 Å². The van der Waals surface area contributed by atoms with E-state index in [2.05, 4.69) is 78.9 Å². The van der Waals surface area contributed by atoms with Crippen molar-refractivity contribution in [2.24, 2.45) is 11.8 Å². The van der Waals surface area contributed by atoms with Gasteiger partial charge in [-0.1, -0.05) is 74.5 Å². The predicted octanol–water partition coefficient (Wildman–Crippen LogP) is 8.18. The predicted molar refractivity (Wildman–Crippen MR) is 137 cm³/mol. The summed E-state index contributed by atoms with van der Waals surface area (Å²) in [5.74, 6) is 0.990. The number of benzene rings is 2. The fraction of sp³-hybridized carbons (Fsp3) is 0.333. The third-order valence-corrected chi connectivity index (χ3v) is 10.2. The van der Waals surface area contributed by atoms with Crippen LogP contribution in [0, 0.1) is 36.1 Å². The smallest absolute Gasteiger partial charge is 0.266 e. The molecule has 2 heteroatoms. The molecule has 0 bridgehead atoms. The zero-order valence-electron chi connectivity index (χ0n) is 20.9. The van der Waals surface area contributed by atoms with Crippen LogP contribution in [-0.2, 0) is 26.2 Å². The summed E-state index contributed by atoms with van der Waals surface area (Å²) < 4.78 is 0. The molecular formula is C30H36SiZr. The van der Waals surface area contributed by atoms with E-state index in [9.17, 15) is 0 Å². The van der Waals surface area contributed by atoms with Gasteiger partial charge in [0.25, 0.3) is 0 Å². The van der Waals surface area contributed by atoms with E-state index < -0.39 is 8.07 Å². The van der Waals surface area contributed by atoms with Crippen LogP contribution in [0.15, 0.2) is 93.3 Å². The van der Waals surface area contributed by atoms with Crippen LogP contribution in [0.1, 0.15) is 41.5 Å². The summed E-state index contributed by atoms with van der Waals surface area (Å²) in [5, 5.41) is 3.26. The van der Waals surface area contributed by atoms with Gasteiger partial charge in [0.15, 0.2) is 0 Å². The first-order valence-corrected chi connectivity index (χ1v) is 14.1. The fourth-order valence-corrected chi connectivity index (χ4v) is 9.44. The quantitative estimate of drug-likeness (QED) is 0.279. The maximum Gasteiger partial charge on any atom is 4.00 e. The molecule has 0 fully saturated rings.